The van der Waals surface area contributed by atoms with Crippen LogP contribution in [0, 0.1) is 0 Å². The summed E-state index contributed by atoms with van der Waals surface area (Å²) in [6.45, 7) is 0.319. The fraction of sp³-hybridized carbons (Fsp3) is 0.366. The van der Waals surface area contributed by atoms with Gasteiger partial charge in [-0.3, -0.25) is 9.59 Å². The predicted molar refractivity (Wildman–Crippen MR) is 204 cm³/mol. The Morgan fingerprint density at radius 2 is 1.74 bits per heavy atom. The van der Waals surface area contributed by atoms with E-state index < -0.39 is 73.5 Å². The van der Waals surface area contributed by atoms with Gasteiger partial charge in [-0.1, -0.05) is 36.4 Å². The van der Waals surface area contributed by atoms with E-state index in [0.717, 1.165) is 33.2 Å². The van der Waals surface area contributed by atoms with Gasteiger partial charge < -0.3 is 74.6 Å². The Hall–Kier alpha value is -5.82. The van der Waals surface area contributed by atoms with E-state index in [9.17, 15) is 24.9 Å². The van der Waals surface area contributed by atoms with Gasteiger partial charge >= 0.3 is 11.9 Å². The SMILES string of the molecule is COc1ccc2c(c1OC)OC1c3c(Cn4cc5cc[nH]c5c4)cc(OC4OC(C(OC(=O)CC(=O)O)C(N)N)C(O)C(O)C4O)cc3OC(Cc3ccccc3)C21. The standard InChI is InChI=1S/C41H44N4O13/c1-52-25-9-8-23-31-26(12-19-6-4-3-5-7-19)55-27-14-22(54-41-34(51)32(49)33(50)38(58-41)39(40(42)43)56-29(48)15-28(46)47)13-21(17-45-16-20-10-11-44-24(20)18-45)30(27)37(31)57-35(23)36(25)53-2/h3-11,13-14,16,18,26,31-34,37-41,44,49-51H,12,15,17,42-43H2,1-2H3,(H,46,47). The predicted octanol–water partition coefficient (Wildman–Crippen LogP) is 2.07. The van der Waals surface area contributed by atoms with E-state index in [1.54, 1.807) is 26.4 Å². The van der Waals surface area contributed by atoms with Crippen LogP contribution in [-0.4, -0.2) is 105 Å². The van der Waals surface area contributed by atoms with Crippen LogP contribution in [-0.2, 0) is 32.0 Å². The maximum Gasteiger partial charge on any atom is 0.317 e. The number of methoxy groups -OCH3 is 2. The highest BCUT2D eigenvalue weighted by Crippen LogP contribution is 2.59. The molecule has 1 fully saturated rings. The number of fused-ring (bicyclic) bond motifs is 6. The minimum Gasteiger partial charge on any atom is -0.493 e. The van der Waals surface area contributed by atoms with E-state index in [4.69, 9.17) is 49.7 Å². The largest absolute Gasteiger partial charge is 0.493 e. The number of ether oxygens (including phenoxy) is 7. The second-order valence-corrected chi connectivity index (χ2v) is 14.6. The molecule has 0 bridgehead atoms. The summed E-state index contributed by atoms with van der Waals surface area (Å²) < 4.78 is 44.7. The highest BCUT2D eigenvalue weighted by atomic mass is 16.7. The van der Waals surface area contributed by atoms with Crippen molar-refractivity contribution < 1.29 is 63.2 Å². The third-order valence-electron chi connectivity index (χ3n) is 10.8. The number of benzene rings is 3. The van der Waals surface area contributed by atoms with E-state index in [1.807, 2.05) is 71.7 Å². The van der Waals surface area contributed by atoms with E-state index in [-0.39, 0.29) is 11.7 Å². The molecule has 58 heavy (non-hydrogen) atoms. The summed E-state index contributed by atoms with van der Waals surface area (Å²) in [6.07, 6.45) is -7.68. The Labute approximate surface area is 331 Å². The first-order chi connectivity index (χ1) is 27.9. The number of aliphatic hydroxyl groups excluding tert-OH is 3. The van der Waals surface area contributed by atoms with Crippen molar-refractivity contribution in [2.24, 2.45) is 11.5 Å². The topological polar surface area (TPSA) is 252 Å². The van der Waals surface area contributed by atoms with Gasteiger partial charge in [-0.05, 0) is 29.3 Å². The van der Waals surface area contributed by atoms with Crippen LogP contribution in [0.3, 0.4) is 0 Å². The van der Waals surface area contributed by atoms with Crippen molar-refractivity contribution in [1.29, 1.82) is 0 Å². The van der Waals surface area contributed by atoms with Gasteiger partial charge in [0.15, 0.2) is 17.6 Å². The number of aromatic amines is 1. The fourth-order valence-electron chi connectivity index (χ4n) is 8.17. The van der Waals surface area contributed by atoms with Crippen molar-refractivity contribution in [2.45, 2.75) is 80.5 Å². The van der Waals surface area contributed by atoms with Gasteiger partial charge in [-0.25, -0.2) is 0 Å². The number of rotatable bonds is 13. The lowest BCUT2D eigenvalue weighted by Crippen LogP contribution is -2.66. The smallest absolute Gasteiger partial charge is 0.317 e. The van der Waals surface area contributed by atoms with Crippen molar-refractivity contribution in [3.05, 3.63) is 102 Å². The molecule has 9 atom stereocenters. The molecule has 5 aromatic rings. The van der Waals surface area contributed by atoms with Crippen LogP contribution in [0.4, 0.5) is 0 Å². The first-order valence-electron chi connectivity index (χ1n) is 18.6. The minimum atomic E-state index is -1.88. The number of carboxylic acids is 1. The lowest BCUT2D eigenvalue weighted by molar-refractivity contribution is -0.291. The monoisotopic (exact) mass is 800 g/mol. The minimum absolute atomic E-state index is 0.154. The lowest BCUT2D eigenvalue weighted by atomic mass is 9.80. The molecule has 0 spiro atoms. The molecule has 9 unspecified atom stereocenters. The Balaban J connectivity index is 1.20. The summed E-state index contributed by atoms with van der Waals surface area (Å²) in [7, 11) is 3.12. The quantitative estimate of drug-likeness (QED) is 0.0512. The Morgan fingerprint density at radius 3 is 2.45 bits per heavy atom. The molecule has 0 radical (unpaired) electrons. The van der Waals surface area contributed by atoms with Crippen LogP contribution < -0.4 is 35.2 Å². The van der Waals surface area contributed by atoms with Gasteiger partial charge in [0.2, 0.25) is 12.0 Å². The first kappa shape index (κ1) is 39.0. The zero-order valence-corrected chi connectivity index (χ0v) is 31.5. The van der Waals surface area contributed by atoms with Crippen molar-refractivity contribution in [2.75, 3.05) is 14.2 Å². The summed E-state index contributed by atoms with van der Waals surface area (Å²) >= 11 is 0. The molecular weight excluding hydrogens is 756 g/mol. The average molecular weight is 801 g/mol. The molecule has 0 amide bonds. The number of aliphatic carboxylic acids is 1. The molecule has 3 aromatic carbocycles. The molecule has 306 valence electrons. The van der Waals surface area contributed by atoms with Crippen LogP contribution >= 0.6 is 0 Å². The van der Waals surface area contributed by atoms with Crippen molar-refractivity contribution in [3.8, 4) is 28.7 Å². The van der Waals surface area contributed by atoms with Crippen LogP contribution in [0.25, 0.3) is 10.9 Å². The number of hydrogen-bond acceptors (Lipinski definition) is 14. The van der Waals surface area contributed by atoms with E-state index >= 15 is 0 Å². The molecule has 3 aliphatic heterocycles. The summed E-state index contributed by atoms with van der Waals surface area (Å²) in [5.41, 5.74) is 16.1. The molecule has 8 rings (SSSR count). The molecule has 0 aliphatic carbocycles. The summed E-state index contributed by atoms with van der Waals surface area (Å²) in [5.74, 6) is -0.867. The lowest BCUT2D eigenvalue weighted by Gasteiger charge is -2.43. The second kappa shape index (κ2) is 15.8. The van der Waals surface area contributed by atoms with Crippen LogP contribution in [0.15, 0.2) is 79.3 Å². The number of nitrogens with one attached hydrogen (secondary N) is 1. The third-order valence-corrected chi connectivity index (χ3v) is 10.8. The molecule has 3 aliphatic rings. The summed E-state index contributed by atoms with van der Waals surface area (Å²) in [6, 6.07) is 19.1. The maximum absolute atomic E-state index is 12.3. The molecule has 17 nitrogen and oxygen atoms in total. The van der Waals surface area contributed by atoms with Crippen LogP contribution in [0.2, 0.25) is 0 Å². The number of nitrogens with two attached hydrogens (primary N) is 2. The third kappa shape index (κ3) is 7.27. The second-order valence-electron chi connectivity index (χ2n) is 14.6. The van der Waals surface area contributed by atoms with Gasteiger partial charge in [-0.2, -0.15) is 0 Å². The van der Waals surface area contributed by atoms with Crippen molar-refractivity contribution in [1.82, 2.24) is 9.55 Å². The maximum atomic E-state index is 12.3. The Bertz CT molecular complexity index is 2270. The normalized spacial score (nSPS) is 25.2. The van der Waals surface area contributed by atoms with Crippen LogP contribution in [0.5, 0.6) is 28.7 Å². The average Bonchev–Trinajstić information content (AvgIpc) is 3.91. The molecule has 5 heterocycles. The number of aromatic nitrogens is 2. The number of carbonyl (C=O) groups is 2. The van der Waals surface area contributed by atoms with Gasteiger partial charge in [0.1, 0.15) is 54.5 Å². The Morgan fingerprint density at radius 1 is 0.948 bits per heavy atom. The molecule has 0 saturated carbocycles. The van der Waals surface area contributed by atoms with E-state index in [1.165, 1.54) is 0 Å². The van der Waals surface area contributed by atoms with Gasteiger partial charge in [0.25, 0.3) is 0 Å². The molecular formula is C41H44N4O13. The number of esters is 1. The van der Waals surface area contributed by atoms with Crippen molar-refractivity contribution >= 4 is 22.8 Å². The Kier molecular flexibility index (Phi) is 10.7. The van der Waals surface area contributed by atoms with Crippen LogP contribution in [0.1, 0.15) is 40.7 Å². The highest BCUT2D eigenvalue weighted by molar-refractivity contribution is 5.90. The van der Waals surface area contributed by atoms with Gasteiger partial charge in [0, 0.05) is 54.1 Å². The van der Waals surface area contributed by atoms with Gasteiger partial charge in [-0.15, -0.1) is 0 Å². The first-order valence-corrected chi connectivity index (χ1v) is 18.6. The molecule has 2 aromatic heterocycles. The number of nitrogens with zero attached hydrogens (tertiary/aromatic N) is 1. The zero-order valence-electron chi connectivity index (χ0n) is 31.5. The van der Waals surface area contributed by atoms with Crippen molar-refractivity contribution in [3.63, 3.8) is 0 Å². The molecule has 17 heteroatoms. The number of aliphatic hydroxyl groups is 3. The number of hydrogen-bond donors (Lipinski definition) is 7. The van der Waals surface area contributed by atoms with E-state index in [0.29, 0.717) is 36.0 Å². The van der Waals surface area contributed by atoms with Gasteiger partial charge in [0.05, 0.1) is 31.8 Å². The number of H-pyrrole nitrogens is 1. The van der Waals surface area contributed by atoms with E-state index in [2.05, 4.69) is 4.98 Å². The summed E-state index contributed by atoms with van der Waals surface area (Å²) in [5, 5.41) is 43.1. The number of carbonyl (C=O) groups excluding carboxylic acids is 1. The molecule has 1 saturated heterocycles. The zero-order chi connectivity index (χ0) is 40.8. The summed E-state index contributed by atoms with van der Waals surface area (Å²) in [4.78, 5) is 26.7. The molecule has 9 N–H and O–H groups in total. The fourth-order valence-corrected chi connectivity index (χ4v) is 8.17. The highest BCUT2D eigenvalue weighted by Gasteiger charge is 2.52. The number of carboxylic acid groups (broad SMARTS) is 1.